The molecule has 2 aromatic rings. The lowest BCUT2D eigenvalue weighted by Crippen LogP contribution is -2.48. The molecule has 2 aromatic carbocycles. The standard InChI is InChI=1S/C24H34N4S/c1-2-3-7-21-10-12-23(13-11-21)26-24(29)25-14-15-27-16-18-28(19-17-27)20-22-8-5-4-6-9-22/h4-6,8-13H,2-3,7,14-20H2,1H3,(H2,25,26,29). The van der Waals surface area contributed by atoms with Crippen molar-refractivity contribution in [3.63, 3.8) is 0 Å². The van der Waals surface area contributed by atoms with Gasteiger partial charge in [-0.25, -0.2) is 0 Å². The van der Waals surface area contributed by atoms with E-state index in [1.165, 1.54) is 24.0 Å². The van der Waals surface area contributed by atoms with Crippen LogP contribution < -0.4 is 10.6 Å². The molecule has 0 radical (unpaired) electrons. The summed E-state index contributed by atoms with van der Waals surface area (Å²) in [4.78, 5) is 5.05. The van der Waals surface area contributed by atoms with E-state index in [9.17, 15) is 0 Å². The molecule has 1 aliphatic heterocycles. The minimum Gasteiger partial charge on any atom is -0.361 e. The van der Waals surface area contributed by atoms with Gasteiger partial charge in [-0.05, 0) is 48.3 Å². The highest BCUT2D eigenvalue weighted by atomic mass is 32.1. The first-order valence-corrected chi connectivity index (χ1v) is 11.3. The number of anilines is 1. The first kappa shape index (κ1) is 21.8. The first-order valence-electron chi connectivity index (χ1n) is 10.9. The van der Waals surface area contributed by atoms with Gasteiger partial charge in [0.15, 0.2) is 5.11 Å². The third-order valence-electron chi connectivity index (χ3n) is 5.46. The number of unbranched alkanes of at least 4 members (excludes halogenated alkanes) is 1. The van der Waals surface area contributed by atoms with Gasteiger partial charge in [-0.1, -0.05) is 55.8 Å². The fourth-order valence-electron chi connectivity index (χ4n) is 3.65. The SMILES string of the molecule is CCCCc1ccc(NC(=S)NCCN2CCN(Cc3ccccc3)CC2)cc1. The van der Waals surface area contributed by atoms with Gasteiger partial charge in [0.1, 0.15) is 0 Å². The summed E-state index contributed by atoms with van der Waals surface area (Å²) in [6.07, 6.45) is 3.63. The van der Waals surface area contributed by atoms with E-state index < -0.39 is 0 Å². The van der Waals surface area contributed by atoms with Gasteiger partial charge in [0.2, 0.25) is 0 Å². The van der Waals surface area contributed by atoms with E-state index in [4.69, 9.17) is 12.2 Å². The summed E-state index contributed by atoms with van der Waals surface area (Å²) in [5.41, 5.74) is 3.84. The normalized spacial score (nSPS) is 15.2. The van der Waals surface area contributed by atoms with E-state index in [1.807, 2.05) is 0 Å². The summed E-state index contributed by atoms with van der Waals surface area (Å²) >= 11 is 5.45. The number of hydrogen-bond acceptors (Lipinski definition) is 3. The quantitative estimate of drug-likeness (QED) is 0.607. The lowest BCUT2D eigenvalue weighted by atomic mass is 10.1. The highest BCUT2D eigenvalue weighted by molar-refractivity contribution is 7.80. The van der Waals surface area contributed by atoms with Crippen molar-refractivity contribution < 1.29 is 0 Å². The van der Waals surface area contributed by atoms with E-state index in [0.29, 0.717) is 5.11 Å². The van der Waals surface area contributed by atoms with Gasteiger partial charge >= 0.3 is 0 Å². The van der Waals surface area contributed by atoms with Crippen LogP contribution in [0.3, 0.4) is 0 Å². The second kappa shape index (κ2) is 11.9. The van der Waals surface area contributed by atoms with Crippen molar-refractivity contribution in [1.29, 1.82) is 0 Å². The van der Waals surface area contributed by atoms with Gasteiger partial charge in [0.25, 0.3) is 0 Å². The number of aryl methyl sites for hydroxylation is 1. The van der Waals surface area contributed by atoms with Crippen LogP contribution in [0.4, 0.5) is 5.69 Å². The molecule has 0 aromatic heterocycles. The molecule has 0 bridgehead atoms. The van der Waals surface area contributed by atoms with E-state index in [2.05, 4.69) is 82.0 Å². The van der Waals surface area contributed by atoms with E-state index in [-0.39, 0.29) is 0 Å². The van der Waals surface area contributed by atoms with Crippen molar-refractivity contribution in [1.82, 2.24) is 15.1 Å². The molecule has 156 valence electrons. The van der Waals surface area contributed by atoms with Gasteiger partial charge in [-0.15, -0.1) is 0 Å². The highest BCUT2D eigenvalue weighted by Crippen LogP contribution is 2.12. The predicted molar refractivity (Wildman–Crippen MR) is 127 cm³/mol. The zero-order chi connectivity index (χ0) is 20.3. The van der Waals surface area contributed by atoms with Crippen LogP contribution in [0.1, 0.15) is 30.9 Å². The largest absolute Gasteiger partial charge is 0.361 e. The Bertz CT molecular complexity index is 724. The third kappa shape index (κ3) is 7.77. The Morgan fingerprint density at radius 2 is 1.59 bits per heavy atom. The van der Waals surface area contributed by atoms with Gasteiger partial charge in [0.05, 0.1) is 0 Å². The molecule has 1 aliphatic rings. The number of hydrogen-bond donors (Lipinski definition) is 2. The molecule has 3 rings (SSSR count). The zero-order valence-corrected chi connectivity index (χ0v) is 18.4. The third-order valence-corrected chi connectivity index (χ3v) is 5.70. The Labute approximate surface area is 181 Å². The minimum atomic E-state index is 0.703. The average Bonchev–Trinajstić information content (AvgIpc) is 2.75. The minimum absolute atomic E-state index is 0.703. The average molecular weight is 411 g/mol. The molecule has 0 amide bonds. The maximum atomic E-state index is 5.45. The second-order valence-corrected chi connectivity index (χ2v) is 8.19. The molecular formula is C24H34N4S. The molecule has 5 heteroatoms. The van der Waals surface area contributed by atoms with Crippen LogP contribution in [-0.4, -0.2) is 54.2 Å². The summed E-state index contributed by atoms with van der Waals surface area (Å²) in [5, 5.41) is 7.34. The Morgan fingerprint density at radius 1 is 0.897 bits per heavy atom. The van der Waals surface area contributed by atoms with Crippen LogP contribution >= 0.6 is 12.2 Å². The Hall–Kier alpha value is -1.95. The molecule has 0 unspecified atom stereocenters. The van der Waals surface area contributed by atoms with Crippen molar-refractivity contribution in [3.05, 3.63) is 65.7 Å². The van der Waals surface area contributed by atoms with Gasteiger partial charge in [-0.2, -0.15) is 0 Å². The van der Waals surface area contributed by atoms with Crippen LogP contribution in [0.5, 0.6) is 0 Å². The number of nitrogens with one attached hydrogen (secondary N) is 2. The molecule has 0 spiro atoms. The van der Waals surface area contributed by atoms with Crippen LogP contribution in [0.2, 0.25) is 0 Å². The smallest absolute Gasteiger partial charge is 0.170 e. The van der Waals surface area contributed by atoms with Crippen LogP contribution in [0.15, 0.2) is 54.6 Å². The van der Waals surface area contributed by atoms with E-state index >= 15 is 0 Å². The van der Waals surface area contributed by atoms with Gasteiger partial charge in [-0.3, -0.25) is 9.80 Å². The molecule has 0 aliphatic carbocycles. The molecular weight excluding hydrogens is 376 g/mol. The molecule has 1 saturated heterocycles. The fourth-order valence-corrected chi connectivity index (χ4v) is 3.87. The molecule has 0 saturated carbocycles. The maximum Gasteiger partial charge on any atom is 0.170 e. The van der Waals surface area contributed by atoms with Crippen LogP contribution in [-0.2, 0) is 13.0 Å². The topological polar surface area (TPSA) is 30.5 Å². The fraction of sp³-hybridized carbons (Fsp3) is 0.458. The number of nitrogens with zero attached hydrogens (tertiary/aromatic N) is 2. The highest BCUT2D eigenvalue weighted by Gasteiger charge is 2.16. The van der Waals surface area contributed by atoms with E-state index in [1.54, 1.807) is 0 Å². The lowest BCUT2D eigenvalue weighted by molar-refractivity contribution is 0.129. The molecule has 4 nitrogen and oxygen atoms in total. The lowest BCUT2D eigenvalue weighted by Gasteiger charge is -2.34. The van der Waals surface area contributed by atoms with Crippen molar-refractivity contribution in [3.8, 4) is 0 Å². The molecule has 1 fully saturated rings. The molecule has 1 heterocycles. The van der Waals surface area contributed by atoms with Gasteiger partial charge in [0, 0.05) is 51.5 Å². The van der Waals surface area contributed by atoms with E-state index in [0.717, 1.165) is 57.9 Å². The number of piperazine rings is 1. The summed E-state index contributed by atoms with van der Waals surface area (Å²) in [7, 11) is 0. The van der Waals surface area contributed by atoms with Crippen LogP contribution in [0.25, 0.3) is 0 Å². The monoisotopic (exact) mass is 410 g/mol. The molecule has 2 N–H and O–H groups in total. The van der Waals surface area contributed by atoms with Gasteiger partial charge < -0.3 is 10.6 Å². The Morgan fingerprint density at radius 3 is 2.28 bits per heavy atom. The summed E-state index contributed by atoms with van der Waals surface area (Å²) < 4.78 is 0. The maximum absolute atomic E-state index is 5.45. The Kier molecular flexibility index (Phi) is 8.93. The summed E-state index contributed by atoms with van der Waals surface area (Å²) in [6, 6.07) is 19.4. The van der Waals surface area contributed by atoms with Crippen molar-refractivity contribution in [2.24, 2.45) is 0 Å². The number of benzene rings is 2. The van der Waals surface area contributed by atoms with Crippen molar-refractivity contribution in [2.75, 3.05) is 44.6 Å². The number of rotatable bonds is 9. The molecule has 29 heavy (non-hydrogen) atoms. The predicted octanol–water partition coefficient (Wildman–Crippen LogP) is 4.13. The summed E-state index contributed by atoms with van der Waals surface area (Å²) in [5.74, 6) is 0. The Balaban J connectivity index is 1.29. The summed E-state index contributed by atoms with van der Waals surface area (Å²) in [6.45, 7) is 9.67. The van der Waals surface area contributed by atoms with Crippen LogP contribution in [0, 0.1) is 0 Å². The first-order chi connectivity index (χ1) is 14.2. The molecule has 0 atom stereocenters. The van der Waals surface area contributed by atoms with Crippen molar-refractivity contribution >= 4 is 23.0 Å². The second-order valence-electron chi connectivity index (χ2n) is 7.78. The zero-order valence-electron chi connectivity index (χ0n) is 17.6. The van der Waals surface area contributed by atoms with Crippen molar-refractivity contribution in [2.45, 2.75) is 32.7 Å². The number of thiocarbonyl (C=S) groups is 1.